The second kappa shape index (κ2) is 13.1. The minimum Gasteiger partial charge on any atom is -0.370 e. The Balaban J connectivity index is 2.39. The Morgan fingerprint density at radius 2 is 1.68 bits per heavy atom. The van der Waals surface area contributed by atoms with Crippen molar-refractivity contribution in [3.63, 3.8) is 0 Å². The molecular weight excluding hydrogens is 490 g/mol. The summed E-state index contributed by atoms with van der Waals surface area (Å²) in [7, 11) is 0. The molecule has 0 aromatic heterocycles. The maximum Gasteiger partial charge on any atom is 0.316 e. The lowest BCUT2D eigenvalue weighted by atomic mass is 10.0. The summed E-state index contributed by atoms with van der Waals surface area (Å²) in [6.07, 6.45) is 0.952. The van der Waals surface area contributed by atoms with E-state index in [0.29, 0.717) is 6.42 Å². The van der Waals surface area contributed by atoms with E-state index in [9.17, 15) is 28.8 Å². The van der Waals surface area contributed by atoms with Crippen LogP contribution in [0.2, 0.25) is 0 Å². The second-order valence-electron chi connectivity index (χ2n) is 8.54. The van der Waals surface area contributed by atoms with E-state index in [4.69, 9.17) is 17.2 Å². The Bertz CT molecular complexity index is 997. The van der Waals surface area contributed by atoms with E-state index >= 15 is 0 Å². The van der Waals surface area contributed by atoms with Gasteiger partial charge in [-0.3, -0.25) is 29.0 Å². The van der Waals surface area contributed by atoms with E-state index in [1.54, 1.807) is 0 Å². The van der Waals surface area contributed by atoms with Gasteiger partial charge in [-0.1, -0.05) is 0 Å². The maximum absolute atomic E-state index is 13.1. The van der Waals surface area contributed by atoms with Gasteiger partial charge in [-0.2, -0.15) is 0 Å². The lowest BCUT2D eigenvalue weighted by Crippen LogP contribution is -2.62. The summed E-state index contributed by atoms with van der Waals surface area (Å²) >= 11 is 0. The molecule has 13 N–H and O–H groups in total. The molecule has 0 bridgehead atoms. The zero-order valence-corrected chi connectivity index (χ0v) is 20.4. The van der Waals surface area contributed by atoms with Crippen molar-refractivity contribution in [2.24, 2.45) is 22.2 Å². The molecule has 0 radical (unpaired) electrons. The molecule has 5 unspecified atom stereocenters. The highest BCUT2D eigenvalue weighted by atomic mass is 16.2. The number of nitrogens with two attached hydrogens (primary N) is 3. The van der Waals surface area contributed by atoms with Gasteiger partial charge in [0.25, 0.3) is 5.91 Å². The van der Waals surface area contributed by atoms with Crippen LogP contribution >= 0.6 is 0 Å². The number of nitrogens with zero attached hydrogens (tertiary/aromatic N) is 1. The molecular formula is C20H33N11O6. The molecule has 204 valence electrons. The van der Waals surface area contributed by atoms with Gasteiger partial charge in [0.1, 0.15) is 23.8 Å². The van der Waals surface area contributed by atoms with Gasteiger partial charge in [0.15, 0.2) is 5.96 Å². The number of primary amides is 1. The fourth-order valence-corrected chi connectivity index (χ4v) is 3.41. The van der Waals surface area contributed by atoms with Crippen LogP contribution in [0.4, 0.5) is 4.79 Å². The van der Waals surface area contributed by atoms with Crippen LogP contribution in [0.5, 0.6) is 0 Å². The highest BCUT2D eigenvalue weighted by molar-refractivity contribution is 6.02. The van der Waals surface area contributed by atoms with Crippen LogP contribution in [-0.2, 0) is 24.0 Å². The van der Waals surface area contributed by atoms with Crippen LogP contribution in [0.1, 0.15) is 26.7 Å². The quantitative estimate of drug-likeness (QED) is 0.154. The number of guanidine groups is 1. The first-order chi connectivity index (χ1) is 17.4. The van der Waals surface area contributed by atoms with Gasteiger partial charge >= 0.3 is 6.03 Å². The predicted octanol–water partition coefficient (Wildman–Crippen LogP) is -5.37. The maximum atomic E-state index is 13.1. The molecule has 1 fully saturated rings. The molecule has 2 heterocycles. The number of urea groups is 1. The van der Waals surface area contributed by atoms with Crippen LogP contribution in [0.15, 0.2) is 16.9 Å². The number of amides is 7. The first kappa shape index (κ1) is 28.8. The van der Waals surface area contributed by atoms with Crippen LogP contribution in [0.3, 0.4) is 0 Å². The monoisotopic (exact) mass is 523 g/mol. The van der Waals surface area contributed by atoms with Crippen molar-refractivity contribution < 1.29 is 28.8 Å². The lowest BCUT2D eigenvalue weighted by Gasteiger charge is -2.31. The molecule has 5 atom stereocenters. The highest BCUT2D eigenvalue weighted by Crippen LogP contribution is 2.07. The summed E-state index contributed by atoms with van der Waals surface area (Å²) in [4.78, 5) is 78.8. The molecule has 0 spiro atoms. The highest BCUT2D eigenvalue weighted by Gasteiger charge is 2.33. The molecule has 0 aromatic rings. The van der Waals surface area contributed by atoms with Crippen LogP contribution in [-0.4, -0.2) is 84.8 Å². The van der Waals surface area contributed by atoms with Gasteiger partial charge in [0, 0.05) is 31.8 Å². The van der Waals surface area contributed by atoms with Crippen molar-refractivity contribution in [1.82, 2.24) is 37.2 Å². The number of hydrogen-bond donors (Lipinski definition) is 10. The first-order valence-electron chi connectivity index (χ1n) is 11.4. The fraction of sp³-hybridized carbons (Fsp3) is 0.550. The van der Waals surface area contributed by atoms with E-state index < -0.39 is 71.5 Å². The summed E-state index contributed by atoms with van der Waals surface area (Å²) in [6, 6.07) is -5.93. The summed E-state index contributed by atoms with van der Waals surface area (Å²) in [6.45, 7) is 2.90. The Morgan fingerprint density at radius 3 is 2.32 bits per heavy atom. The van der Waals surface area contributed by atoms with Gasteiger partial charge in [-0.25, -0.2) is 4.79 Å². The molecule has 7 amide bonds. The minimum atomic E-state index is -1.23. The van der Waals surface area contributed by atoms with Crippen molar-refractivity contribution in [3.8, 4) is 0 Å². The Labute approximate surface area is 212 Å². The molecule has 17 heteroatoms. The Kier molecular flexibility index (Phi) is 10.2. The number of carbonyl (C=O) groups excluding carboxylic acids is 6. The van der Waals surface area contributed by atoms with E-state index in [1.165, 1.54) is 13.8 Å². The number of aliphatic imine (C=N–C) groups is 1. The topological polar surface area (TPSA) is 277 Å². The average molecular weight is 524 g/mol. The van der Waals surface area contributed by atoms with Crippen molar-refractivity contribution in [1.29, 1.82) is 0 Å². The molecule has 2 aliphatic heterocycles. The third-order valence-corrected chi connectivity index (χ3v) is 5.40. The van der Waals surface area contributed by atoms with E-state index in [-0.39, 0.29) is 25.5 Å². The largest absolute Gasteiger partial charge is 0.370 e. The molecule has 17 nitrogen and oxygen atoms in total. The number of nitrogens with one attached hydrogen (secondary N) is 7. The third-order valence-electron chi connectivity index (χ3n) is 5.40. The van der Waals surface area contributed by atoms with Crippen molar-refractivity contribution in [3.05, 3.63) is 11.9 Å². The van der Waals surface area contributed by atoms with Gasteiger partial charge in [0.05, 0.1) is 6.04 Å². The second-order valence-corrected chi connectivity index (χ2v) is 8.54. The summed E-state index contributed by atoms with van der Waals surface area (Å²) < 4.78 is 0. The zero-order valence-electron chi connectivity index (χ0n) is 20.4. The van der Waals surface area contributed by atoms with Crippen LogP contribution in [0, 0.1) is 0 Å². The molecule has 0 saturated carbocycles. The van der Waals surface area contributed by atoms with Crippen molar-refractivity contribution in [2.45, 2.75) is 56.9 Å². The molecule has 2 rings (SSSR count). The SMILES string of the molecule is CC1NC(=O)CC(N)CNC(=O)C(C2CCN=C(N)N2)NC(=O)C(=CNC(N)=O)NC(=O)C(C)NC1=O. The van der Waals surface area contributed by atoms with Crippen molar-refractivity contribution >= 4 is 41.5 Å². The zero-order chi connectivity index (χ0) is 27.7. The first-order valence-corrected chi connectivity index (χ1v) is 11.4. The average Bonchev–Trinajstić information content (AvgIpc) is 2.82. The summed E-state index contributed by atoms with van der Waals surface area (Å²) in [5.74, 6) is -3.60. The number of rotatable bonds is 2. The fourth-order valence-electron chi connectivity index (χ4n) is 3.41. The molecule has 0 aliphatic carbocycles. The van der Waals surface area contributed by atoms with Crippen LogP contribution in [0.25, 0.3) is 0 Å². The predicted molar refractivity (Wildman–Crippen MR) is 130 cm³/mol. The van der Waals surface area contributed by atoms with Crippen LogP contribution < -0.4 is 54.4 Å². The standard InChI is InChI=1S/C20H33N11O6/c1-8-15(33)28-9(2)16(34)29-12(7-26-20(23)37)17(35)31-14(11-3-4-24-19(22)30-11)18(36)25-6-10(21)5-13(32)27-8/h7-11,14H,3-6,21H2,1-2H3,(H,25,36)(H,27,32)(H,28,33)(H,29,34)(H,31,35)(H3,22,24,30)(H3,23,26,37). The summed E-state index contributed by atoms with van der Waals surface area (Å²) in [5, 5.41) is 17.1. The number of hydrogen-bond acceptors (Lipinski definition) is 10. The van der Waals surface area contributed by atoms with Gasteiger partial charge in [-0.15, -0.1) is 0 Å². The third kappa shape index (κ3) is 8.95. The van der Waals surface area contributed by atoms with Gasteiger partial charge in [0.2, 0.25) is 23.6 Å². The number of carbonyl (C=O) groups is 6. The molecule has 0 aromatic carbocycles. The van der Waals surface area contributed by atoms with Crippen molar-refractivity contribution in [2.75, 3.05) is 13.1 Å². The van der Waals surface area contributed by atoms with E-state index in [1.807, 2.05) is 0 Å². The van der Waals surface area contributed by atoms with Gasteiger partial charge in [-0.05, 0) is 20.3 Å². The van der Waals surface area contributed by atoms with Gasteiger partial charge < -0.3 is 54.4 Å². The molecule has 2 aliphatic rings. The Morgan fingerprint density at radius 1 is 1.00 bits per heavy atom. The van der Waals surface area contributed by atoms with E-state index in [2.05, 4.69) is 42.2 Å². The summed E-state index contributed by atoms with van der Waals surface area (Å²) in [5.41, 5.74) is 16.3. The van der Waals surface area contributed by atoms with E-state index in [0.717, 1.165) is 6.20 Å². The molecule has 1 saturated heterocycles. The normalized spacial score (nSPS) is 29.8. The Hall–Kier alpha value is -4.41. The smallest absolute Gasteiger partial charge is 0.316 e. The lowest BCUT2D eigenvalue weighted by molar-refractivity contribution is -0.131. The minimum absolute atomic E-state index is 0.0632. The molecule has 37 heavy (non-hydrogen) atoms.